The van der Waals surface area contributed by atoms with E-state index >= 15 is 0 Å². The maximum absolute atomic E-state index is 12.1. The zero-order valence-electron chi connectivity index (χ0n) is 20.1. The lowest BCUT2D eigenvalue weighted by Crippen LogP contribution is -2.55. The van der Waals surface area contributed by atoms with Gasteiger partial charge in [0.25, 0.3) is 0 Å². The Bertz CT molecular complexity index is 595. The highest BCUT2D eigenvalue weighted by molar-refractivity contribution is 14.1. The van der Waals surface area contributed by atoms with E-state index in [9.17, 15) is 5.11 Å². The lowest BCUT2D eigenvalue weighted by Gasteiger charge is -2.55. The van der Waals surface area contributed by atoms with Crippen LogP contribution in [0.5, 0.6) is 0 Å². The minimum Gasteiger partial charge on any atom is -0.389 e. The lowest BCUT2D eigenvalue weighted by atomic mass is 9.52. The second kappa shape index (κ2) is 10.9. The Morgan fingerprint density at radius 3 is 2.63 bits per heavy atom. The van der Waals surface area contributed by atoms with E-state index in [0.29, 0.717) is 23.2 Å². The molecule has 0 unspecified atom stereocenters. The van der Waals surface area contributed by atoms with Crippen molar-refractivity contribution in [2.75, 3.05) is 0 Å². The molecule has 2 fully saturated rings. The fourth-order valence-electron chi connectivity index (χ4n) is 7.73. The smallest absolute Gasteiger partial charge is 0.0743 e. The SMILES string of the molecule is CC(C)CCC[C@@H](C)[C@H]1CC[C@@H]2[C@]1(C)CC[C@H]1CC[C@H](CC/C=C\I)/C=C\C[C@]12O. The fourth-order valence-corrected chi connectivity index (χ4v) is 8.09. The average molecular weight is 527 g/mol. The molecule has 2 saturated carbocycles. The van der Waals surface area contributed by atoms with Crippen LogP contribution in [0.25, 0.3) is 0 Å². The Labute approximate surface area is 200 Å². The van der Waals surface area contributed by atoms with Crippen molar-refractivity contribution in [2.24, 2.45) is 40.9 Å². The van der Waals surface area contributed by atoms with E-state index in [1.165, 1.54) is 70.6 Å². The molecule has 3 aliphatic carbocycles. The third kappa shape index (κ3) is 5.38. The van der Waals surface area contributed by atoms with Gasteiger partial charge in [0.1, 0.15) is 0 Å². The lowest BCUT2D eigenvalue weighted by molar-refractivity contribution is -0.149. The summed E-state index contributed by atoms with van der Waals surface area (Å²) in [5, 5.41) is 12.1. The molecule has 0 bridgehead atoms. The van der Waals surface area contributed by atoms with E-state index in [1.54, 1.807) is 0 Å². The van der Waals surface area contributed by atoms with Crippen LogP contribution >= 0.6 is 22.6 Å². The normalized spacial score (nSPS) is 41.3. The van der Waals surface area contributed by atoms with Gasteiger partial charge in [0.15, 0.2) is 0 Å². The quantitative estimate of drug-likeness (QED) is 0.248. The van der Waals surface area contributed by atoms with E-state index in [0.717, 1.165) is 24.2 Å². The topological polar surface area (TPSA) is 20.2 Å². The molecule has 0 aromatic heterocycles. The van der Waals surface area contributed by atoms with Crippen molar-refractivity contribution in [2.45, 2.75) is 110 Å². The summed E-state index contributed by atoms with van der Waals surface area (Å²) in [5.74, 6) is 4.15. The number of fused-ring (bicyclic) bond motifs is 3. The maximum atomic E-state index is 12.1. The molecular weight excluding hydrogens is 479 g/mol. The van der Waals surface area contributed by atoms with Crippen molar-refractivity contribution < 1.29 is 5.11 Å². The highest BCUT2D eigenvalue weighted by atomic mass is 127. The van der Waals surface area contributed by atoms with Gasteiger partial charge in [-0.25, -0.2) is 0 Å². The van der Waals surface area contributed by atoms with Crippen LogP contribution in [0, 0.1) is 40.9 Å². The molecule has 0 aliphatic heterocycles. The second-order valence-corrected chi connectivity index (χ2v) is 12.4. The van der Waals surface area contributed by atoms with Crippen LogP contribution in [0.3, 0.4) is 0 Å². The van der Waals surface area contributed by atoms with Gasteiger partial charge in [0.2, 0.25) is 0 Å². The highest BCUT2D eigenvalue weighted by Gasteiger charge is 2.60. The third-order valence-corrected chi connectivity index (χ3v) is 9.92. The van der Waals surface area contributed by atoms with Crippen molar-refractivity contribution in [3.8, 4) is 0 Å². The van der Waals surface area contributed by atoms with E-state index in [4.69, 9.17) is 0 Å². The second-order valence-electron chi connectivity index (χ2n) is 11.7. The largest absolute Gasteiger partial charge is 0.389 e. The zero-order chi connectivity index (χ0) is 21.8. The van der Waals surface area contributed by atoms with Crippen molar-refractivity contribution in [3.05, 3.63) is 22.3 Å². The Hall–Kier alpha value is 0.170. The van der Waals surface area contributed by atoms with Gasteiger partial charge in [-0.1, -0.05) is 87.8 Å². The Morgan fingerprint density at radius 1 is 1.10 bits per heavy atom. The molecule has 3 aliphatic rings. The highest BCUT2D eigenvalue weighted by Crippen LogP contribution is 2.64. The minimum absolute atomic E-state index is 0.347. The van der Waals surface area contributed by atoms with Gasteiger partial charge in [0, 0.05) is 0 Å². The summed E-state index contributed by atoms with van der Waals surface area (Å²) in [6.45, 7) is 9.77. The summed E-state index contributed by atoms with van der Waals surface area (Å²) >= 11 is 2.32. The van der Waals surface area contributed by atoms with Crippen molar-refractivity contribution in [3.63, 3.8) is 0 Å². The summed E-state index contributed by atoms with van der Waals surface area (Å²) in [4.78, 5) is 0. The minimum atomic E-state index is -0.455. The summed E-state index contributed by atoms with van der Waals surface area (Å²) < 4.78 is 2.14. The van der Waals surface area contributed by atoms with Gasteiger partial charge in [-0.2, -0.15) is 0 Å². The first kappa shape index (κ1) is 24.8. The number of hydrogen-bond acceptors (Lipinski definition) is 1. The molecule has 1 nitrogen and oxygen atoms in total. The van der Waals surface area contributed by atoms with Crippen LogP contribution in [0.1, 0.15) is 105 Å². The first-order chi connectivity index (χ1) is 14.3. The Balaban J connectivity index is 1.68. The summed E-state index contributed by atoms with van der Waals surface area (Å²) in [7, 11) is 0. The van der Waals surface area contributed by atoms with E-state index in [-0.39, 0.29) is 0 Å². The molecular formula is C28H47IO. The van der Waals surface area contributed by atoms with Gasteiger partial charge >= 0.3 is 0 Å². The molecule has 3 rings (SSSR count). The van der Waals surface area contributed by atoms with E-state index < -0.39 is 5.60 Å². The zero-order valence-corrected chi connectivity index (χ0v) is 22.2. The number of rotatable bonds is 8. The molecule has 172 valence electrons. The van der Waals surface area contributed by atoms with Crippen LogP contribution in [-0.4, -0.2) is 10.7 Å². The summed E-state index contributed by atoms with van der Waals surface area (Å²) in [6.07, 6.45) is 22.2. The maximum Gasteiger partial charge on any atom is 0.0743 e. The Morgan fingerprint density at radius 2 is 1.90 bits per heavy atom. The van der Waals surface area contributed by atoms with Crippen LogP contribution in [0.15, 0.2) is 22.3 Å². The van der Waals surface area contributed by atoms with Gasteiger partial charge in [-0.05, 0) is 103 Å². The molecule has 0 amide bonds. The average Bonchev–Trinajstić information content (AvgIpc) is 3.04. The predicted octanol–water partition coefficient (Wildman–Crippen LogP) is 8.71. The standard InChI is InChI=1S/C28H47IO/c1-21(2)9-7-10-22(3)25-15-16-26-27(25,4)19-17-24-14-13-23(11-5-6-20-29)12-8-18-28(24,26)30/h6,8,12,20-26,30H,5,7,9-11,13-19H2,1-4H3/b12-8-,20-6-/t22-,23-,24-,25-,26-,27-,28+/m1/s1. The first-order valence-corrected chi connectivity index (χ1v) is 14.2. The number of aliphatic hydroxyl groups is 1. The molecule has 0 saturated heterocycles. The summed E-state index contributed by atoms with van der Waals surface area (Å²) in [5.41, 5.74) is -0.108. The van der Waals surface area contributed by atoms with E-state index in [1.807, 2.05) is 0 Å². The number of halogens is 1. The van der Waals surface area contributed by atoms with E-state index in [2.05, 4.69) is 72.6 Å². The molecule has 0 heterocycles. The van der Waals surface area contributed by atoms with Crippen molar-refractivity contribution in [1.29, 1.82) is 0 Å². The molecule has 0 aromatic carbocycles. The monoisotopic (exact) mass is 526 g/mol. The van der Waals surface area contributed by atoms with Gasteiger partial charge in [-0.3, -0.25) is 0 Å². The molecule has 7 atom stereocenters. The third-order valence-electron chi connectivity index (χ3n) is 9.41. The summed E-state index contributed by atoms with van der Waals surface area (Å²) in [6, 6.07) is 0. The van der Waals surface area contributed by atoms with Gasteiger partial charge in [-0.15, -0.1) is 0 Å². The van der Waals surface area contributed by atoms with Gasteiger partial charge in [0.05, 0.1) is 5.60 Å². The molecule has 0 aromatic rings. The Kier molecular flexibility index (Phi) is 8.98. The van der Waals surface area contributed by atoms with Gasteiger partial charge < -0.3 is 5.11 Å². The molecule has 0 spiro atoms. The first-order valence-electron chi connectivity index (χ1n) is 13.0. The number of hydrogen-bond donors (Lipinski definition) is 1. The molecule has 1 N–H and O–H groups in total. The predicted molar refractivity (Wildman–Crippen MR) is 139 cm³/mol. The molecule has 2 heteroatoms. The van der Waals surface area contributed by atoms with Crippen molar-refractivity contribution in [1.82, 2.24) is 0 Å². The fraction of sp³-hybridized carbons (Fsp3) is 0.857. The van der Waals surface area contributed by atoms with Crippen molar-refractivity contribution >= 4 is 22.6 Å². The van der Waals surface area contributed by atoms with Crippen LogP contribution in [-0.2, 0) is 0 Å². The van der Waals surface area contributed by atoms with Crippen LogP contribution in [0.4, 0.5) is 0 Å². The van der Waals surface area contributed by atoms with Crippen LogP contribution in [0.2, 0.25) is 0 Å². The molecule has 0 radical (unpaired) electrons. The van der Waals surface area contributed by atoms with Crippen LogP contribution < -0.4 is 0 Å². The molecule has 30 heavy (non-hydrogen) atoms. The number of allylic oxidation sites excluding steroid dienone is 2.